The van der Waals surface area contributed by atoms with Gasteiger partial charge in [0.25, 0.3) is 0 Å². The molecule has 1 aromatic carbocycles. The van der Waals surface area contributed by atoms with Crippen LogP contribution < -0.4 is 0 Å². The van der Waals surface area contributed by atoms with Gasteiger partial charge in [-0.05, 0) is 24.1 Å². The lowest BCUT2D eigenvalue weighted by Crippen LogP contribution is -2.27. The Hall–Kier alpha value is -1.09. The van der Waals surface area contributed by atoms with Crippen molar-refractivity contribution in [3.63, 3.8) is 0 Å². The molecule has 0 unspecified atom stereocenters. The second-order valence-electron chi connectivity index (χ2n) is 4.01. The number of rotatable bonds is 3. The van der Waals surface area contributed by atoms with Gasteiger partial charge < -0.3 is 5.11 Å². The lowest BCUT2D eigenvalue weighted by molar-refractivity contribution is 0.101. The molecule has 1 N–H and O–H groups in total. The minimum absolute atomic E-state index is 0.00225. The van der Waals surface area contributed by atoms with Crippen molar-refractivity contribution in [2.75, 3.05) is 0 Å². The van der Waals surface area contributed by atoms with Gasteiger partial charge in [0.15, 0.2) is 5.78 Å². The van der Waals surface area contributed by atoms with Gasteiger partial charge in [0.05, 0.1) is 15.7 Å². The van der Waals surface area contributed by atoms with Crippen LogP contribution in [-0.4, -0.2) is 50.1 Å². The molecule has 1 rings (SSSR count). The van der Waals surface area contributed by atoms with Crippen LogP contribution in [0.3, 0.4) is 0 Å². The summed E-state index contributed by atoms with van der Waals surface area (Å²) in [7, 11) is 27.3. The number of Topliss-reactive ketones (excluding diaryl/α,β-unsaturated/α-hetero) is 1. The van der Waals surface area contributed by atoms with Crippen molar-refractivity contribution in [1.29, 1.82) is 0 Å². The first-order valence-corrected chi connectivity index (χ1v) is 5.11. The van der Waals surface area contributed by atoms with Gasteiger partial charge in [-0.3, -0.25) is 4.79 Å². The summed E-state index contributed by atoms with van der Waals surface area (Å²) in [6, 6.07) is 4.31. The van der Waals surface area contributed by atoms with E-state index >= 15 is 0 Å². The Kier molecular flexibility index (Phi) is 4.39. The van der Waals surface area contributed by atoms with E-state index in [1.165, 1.54) is 25.1 Å². The maximum atomic E-state index is 11.3. The molecular weight excluding hydrogens is 218 g/mol. The molecule has 7 heteroatoms. The number of hydrogen-bond donors (Lipinski definition) is 1. The molecule has 1 aromatic rings. The Morgan fingerprint density at radius 3 is 2.17 bits per heavy atom. The van der Waals surface area contributed by atoms with Crippen molar-refractivity contribution in [3.8, 4) is 0 Å². The molecule has 0 bridgehead atoms. The summed E-state index contributed by atoms with van der Waals surface area (Å²) < 4.78 is 0. The minimum Gasteiger partial charge on any atom is -0.405 e. The molecular formula is C11H7B5O2. The first-order valence-electron chi connectivity index (χ1n) is 5.11. The van der Waals surface area contributed by atoms with Crippen LogP contribution >= 0.6 is 0 Å². The van der Waals surface area contributed by atoms with Crippen LogP contribution in [0.25, 0.3) is 5.47 Å². The Balaban J connectivity index is 3.56. The number of ketones is 1. The van der Waals surface area contributed by atoms with E-state index in [1.807, 2.05) is 0 Å². The molecule has 0 amide bonds. The first kappa shape index (κ1) is 15.0. The van der Waals surface area contributed by atoms with Gasteiger partial charge in [-0.25, -0.2) is 0 Å². The average molecular weight is 225 g/mol. The first-order chi connectivity index (χ1) is 8.14. The van der Waals surface area contributed by atoms with Gasteiger partial charge in [-0.2, -0.15) is 5.37 Å². The van der Waals surface area contributed by atoms with Crippen LogP contribution in [0.15, 0.2) is 23.6 Å². The molecule has 10 radical (unpaired) electrons. The minimum atomic E-state index is -2.11. The summed E-state index contributed by atoms with van der Waals surface area (Å²) in [5.74, 6) is -0.177. The molecule has 0 heterocycles. The number of aliphatic hydroxyl groups is 1. The summed E-state index contributed by atoms with van der Waals surface area (Å²) in [5.41, 5.74) is 0.734. The van der Waals surface area contributed by atoms with Crippen LogP contribution in [0.4, 0.5) is 0 Å². The van der Waals surface area contributed by atoms with Crippen molar-refractivity contribution in [2.45, 2.75) is 12.3 Å². The number of carbonyl (C=O) groups excluding carboxylic acids is 1. The Bertz CT molecular complexity index is 513. The quantitative estimate of drug-likeness (QED) is 0.554. The highest BCUT2D eigenvalue weighted by molar-refractivity contribution is 6.60. The lowest BCUT2D eigenvalue weighted by atomic mass is 9.58. The molecule has 0 spiro atoms. The van der Waals surface area contributed by atoms with Crippen LogP contribution in [0.5, 0.6) is 0 Å². The standard InChI is InChI=1S/C11H7B5O2/c1-5(17)6-2-3-8(11(15,16)18)7(4-6)9(12)10(13)14/h2-4,18H,1H3. The largest absolute Gasteiger partial charge is 0.405 e. The van der Waals surface area contributed by atoms with E-state index in [-0.39, 0.29) is 27.8 Å². The van der Waals surface area contributed by atoms with Crippen LogP contribution in [0, 0.1) is 0 Å². The second-order valence-corrected chi connectivity index (χ2v) is 4.01. The monoisotopic (exact) mass is 226 g/mol. The Morgan fingerprint density at radius 1 is 1.22 bits per heavy atom. The SMILES string of the molecule is [B]C([B])=C([B])c1cc(C(C)=O)ccc1C([B])([B])O. The van der Waals surface area contributed by atoms with Crippen LogP contribution in [-0.2, 0) is 5.40 Å². The van der Waals surface area contributed by atoms with Gasteiger partial charge in [0, 0.05) is 11.0 Å². The van der Waals surface area contributed by atoms with E-state index in [1.54, 1.807) is 0 Å². The van der Waals surface area contributed by atoms with Gasteiger partial charge in [0.1, 0.15) is 23.5 Å². The van der Waals surface area contributed by atoms with E-state index in [4.69, 9.17) is 39.2 Å². The average Bonchev–Trinajstić information content (AvgIpc) is 2.25. The molecule has 0 aromatic heterocycles. The van der Waals surface area contributed by atoms with Gasteiger partial charge in [-0.1, -0.05) is 12.1 Å². The zero-order valence-electron chi connectivity index (χ0n) is 9.97. The molecule has 0 fully saturated rings. The zero-order chi connectivity index (χ0) is 14.1. The van der Waals surface area contributed by atoms with Crippen molar-refractivity contribution in [3.05, 3.63) is 40.3 Å². The van der Waals surface area contributed by atoms with Crippen molar-refractivity contribution in [1.82, 2.24) is 0 Å². The fourth-order valence-electron chi connectivity index (χ4n) is 1.49. The molecule has 0 saturated carbocycles. The van der Waals surface area contributed by atoms with Crippen molar-refractivity contribution < 1.29 is 9.90 Å². The highest BCUT2D eigenvalue weighted by atomic mass is 16.3. The smallest absolute Gasteiger partial charge is 0.159 e. The predicted octanol–water partition coefficient (Wildman–Crippen LogP) is -0.540. The summed E-state index contributed by atoms with van der Waals surface area (Å²) in [4.78, 5) is 11.3. The topological polar surface area (TPSA) is 37.3 Å². The molecule has 78 valence electrons. The highest BCUT2D eigenvalue weighted by Gasteiger charge is 2.20. The van der Waals surface area contributed by atoms with E-state index in [0.717, 1.165) is 0 Å². The van der Waals surface area contributed by atoms with Crippen LogP contribution in [0.2, 0.25) is 0 Å². The van der Waals surface area contributed by atoms with Gasteiger partial charge in [0.2, 0.25) is 0 Å². The number of benzene rings is 1. The third-order valence-corrected chi connectivity index (χ3v) is 2.46. The summed E-state index contributed by atoms with van der Waals surface area (Å²) in [6.45, 7) is 1.39. The van der Waals surface area contributed by atoms with E-state index in [0.29, 0.717) is 5.56 Å². The maximum Gasteiger partial charge on any atom is 0.159 e. The molecule has 0 aliphatic carbocycles. The summed E-state index contributed by atoms with van der Waals surface area (Å²) in [6.07, 6.45) is 0. The van der Waals surface area contributed by atoms with Crippen molar-refractivity contribution >= 4 is 50.5 Å². The normalized spacial score (nSPS) is 11.0. The fraction of sp³-hybridized carbons (Fsp3) is 0.182. The summed E-state index contributed by atoms with van der Waals surface area (Å²) >= 11 is 0. The van der Waals surface area contributed by atoms with E-state index < -0.39 is 5.40 Å². The highest BCUT2D eigenvalue weighted by Crippen LogP contribution is 2.26. The third-order valence-electron chi connectivity index (χ3n) is 2.46. The van der Waals surface area contributed by atoms with Gasteiger partial charge >= 0.3 is 0 Å². The summed E-state index contributed by atoms with van der Waals surface area (Å²) in [5, 5.41) is 7.38. The van der Waals surface area contributed by atoms with Crippen molar-refractivity contribution in [2.24, 2.45) is 0 Å². The maximum absolute atomic E-state index is 11.3. The third kappa shape index (κ3) is 3.23. The van der Waals surface area contributed by atoms with E-state index in [2.05, 4.69) is 0 Å². The fourth-order valence-corrected chi connectivity index (χ4v) is 1.49. The molecule has 2 nitrogen and oxygen atoms in total. The molecule has 18 heavy (non-hydrogen) atoms. The number of hydrogen-bond acceptors (Lipinski definition) is 2. The molecule has 0 aliphatic rings. The number of carbonyl (C=O) groups is 1. The predicted molar refractivity (Wildman–Crippen MR) is 76.0 cm³/mol. The second kappa shape index (κ2) is 5.27. The zero-order valence-corrected chi connectivity index (χ0v) is 9.97. The lowest BCUT2D eigenvalue weighted by Gasteiger charge is -2.25. The molecule has 0 saturated heterocycles. The Morgan fingerprint density at radius 2 is 1.78 bits per heavy atom. The molecule has 0 aliphatic heterocycles. The molecule has 0 atom stereocenters. The van der Waals surface area contributed by atoms with Crippen LogP contribution in [0.1, 0.15) is 28.4 Å². The van der Waals surface area contributed by atoms with E-state index in [9.17, 15) is 9.90 Å². The Labute approximate surface area is 113 Å². The van der Waals surface area contributed by atoms with Gasteiger partial charge in [-0.15, -0.1) is 5.47 Å².